The number of rotatable bonds is 4. The van der Waals surface area contributed by atoms with Gasteiger partial charge in [0.2, 0.25) is 11.8 Å². The van der Waals surface area contributed by atoms with E-state index in [-0.39, 0.29) is 5.91 Å². The van der Waals surface area contributed by atoms with E-state index in [1.165, 1.54) is 17.3 Å². The van der Waals surface area contributed by atoms with Crippen molar-refractivity contribution in [3.05, 3.63) is 29.5 Å². The number of aromatic amines is 1. The van der Waals surface area contributed by atoms with Gasteiger partial charge < -0.3 is 14.3 Å². The van der Waals surface area contributed by atoms with Crippen molar-refractivity contribution in [3.8, 4) is 11.5 Å². The van der Waals surface area contributed by atoms with Gasteiger partial charge in [0.05, 0.1) is 5.75 Å². The Hall–Kier alpha value is -2.28. The first-order valence-corrected chi connectivity index (χ1v) is 9.44. The third kappa shape index (κ3) is 3.16. The summed E-state index contributed by atoms with van der Waals surface area (Å²) in [7, 11) is 0. The molecule has 0 bridgehead atoms. The third-order valence-corrected chi connectivity index (χ3v) is 5.54. The smallest absolute Gasteiger partial charge is 0.277 e. The number of aryl methyl sites for hydroxylation is 2. The molecule has 0 atom stereocenters. The van der Waals surface area contributed by atoms with E-state index in [9.17, 15) is 4.79 Å². The van der Waals surface area contributed by atoms with Crippen molar-refractivity contribution in [2.24, 2.45) is 0 Å². The maximum Gasteiger partial charge on any atom is 0.277 e. The number of carbonyl (C=O) groups excluding carboxylic acids is 1. The number of nitrogens with zero attached hydrogens (tertiary/aromatic N) is 3. The van der Waals surface area contributed by atoms with Crippen molar-refractivity contribution in [2.45, 2.75) is 31.9 Å². The maximum atomic E-state index is 12.1. The summed E-state index contributed by atoms with van der Waals surface area (Å²) in [5.74, 6) is 0.968. The summed E-state index contributed by atoms with van der Waals surface area (Å²) in [6.45, 7) is 5.89. The predicted molar refractivity (Wildman–Crippen MR) is 97.6 cm³/mol. The van der Waals surface area contributed by atoms with Crippen LogP contribution in [0.5, 0.6) is 0 Å². The number of thioether (sulfide) groups is 1. The van der Waals surface area contributed by atoms with Crippen molar-refractivity contribution in [1.29, 1.82) is 0 Å². The summed E-state index contributed by atoms with van der Waals surface area (Å²) in [6.07, 6.45) is 2.20. The van der Waals surface area contributed by atoms with Crippen LogP contribution in [-0.4, -0.2) is 44.8 Å². The van der Waals surface area contributed by atoms with Gasteiger partial charge in [0.25, 0.3) is 5.22 Å². The molecule has 6 nitrogen and oxygen atoms in total. The molecule has 1 aliphatic rings. The maximum absolute atomic E-state index is 12.1. The topological polar surface area (TPSA) is 75.0 Å². The highest BCUT2D eigenvalue weighted by Gasteiger charge is 2.19. The summed E-state index contributed by atoms with van der Waals surface area (Å²) in [5.41, 5.74) is 4.38. The van der Waals surface area contributed by atoms with Crippen molar-refractivity contribution in [3.63, 3.8) is 0 Å². The van der Waals surface area contributed by atoms with Crippen molar-refractivity contribution < 1.29 is 9.21 Å². The monoisotopic (exact) mass is 356 g/mol. The van der Waals surface area contributed by atoms with Gasteiger partial charge in [-0.25, -0.2) is 0 Å². The molecule has 130 valence electrons. The minimum Gasteiger partial charge on any atom is -0.411 e. The van der Waals surface area contributed by atoms with E-state index in [2.05, 4.69) is 35.1 Å². The molecule has 0 unspecified atom stereocenters. The summed E-state index contributed by atoms with van der Waals surface area (Å²) in [5, 5.41) is 9.79. The number of fused-ring (bicyclic) bond motifs is 1. The second kappa shape index (κ2) is 6.55. The summed E-state index contributed by atoms with van der Waals surface area (Å²) in [4.78, 5) is 17.3. The van der Waals surface area contributed by atoms with Crippen molar-refractivity contribution in [2.75, 3.05) is 18.8 Å². The number of benzene rings is 1. The first kappa shape index (κ1) is 16.2. The molecule has 1 N–H and O–H groups in total. The molecule has 2 aromatic heterocycles. The summed E-state index contributed by atoms with van der Waals surface area (Å²) in [6, 6.07) is 6.05. The number of hydrogen-bond acceptors (Lipinski definition) is 5. The minimum absolute atomic E-state index is 0.141. The summed E-state index contributed by atoms with van der Waals surface area (Å²) < 4.78 is 5.74. The second-order valence-corrected chi connectivity index (χ2v) is 7.31. The normalized spacial score (nSPS) is 14.6. The zero-order valence-corrected chi connectivity index (χ0v) is 15.2. The van der Waals surface area contributed by atoms with Gasteiger partial charge in [0.15, 0.2) is 0 Å². The molecular formula is C18H20N4O2S. The van der Waals surface area contributed by atoms with Crippen LogP contribution in [0.3, 0.4) is 0 Å². The predicted octanol–water partition coefficient (Wildman–Crippen LogP) is 3.55. The number of amides is 1. The molecule has 3 heterocycles. The van der Waals surface area contributed by atoms with Crippen LogP contribution in [0.4, 0.5) is 0 Å². The standard InChI is InChI=1S/C18H20N4O2S/c1-11-12(2)19-15-6-5-13(9-14(11)15)17-20-21-18(24-17)25-10-16(23)22-7-3-4-8-22/h5-6,9,19H,3-4,7-8,10H2,1-2H3. The van der Waals surface area contributed by atoms with E-state index in [0.717, 1.165) is 48.1 Å². The third-order valence-electron chi connectivity index (χ3n) is 4.74. The van der Waals surface area contributed by atoms with E-state index >= 15 is 0 Å². The molecule has 7 heteroatoms. The molecule has 0 spiro atoms. The van der Waals surface area contributed by atoms with Gasteiger partial charge in [-0.2, -0.15) is 0 Å². The number of H-pyrrole nitrogens is 1. The lowest BCUT2D eigenvalue weighted by Crippen LogP contribution is -2.29. The average Bonchev–Trinajstić information content (AvgIpc) is 3.35. The number of hydrogen-bond donors (Lipinski definition) is 1. The van der Waals surface area contributed by atoms with Gasteiger partial charge in [0.1, 0.15) is 0 Å². The van der Waals surface area contributed by atoms with Gasteiger partial charge in [-0.15, -0.1) is 10.2 Å². The Morgan fingerprint density at radius 2 is 2.08 bits per heavy atom. The lowest BCUT2D eigenvalue weighted by atomic mass is 10.1. The van der Waals surface area contributed by atoms with Crippen LogP contribution in [-0.2, 0) is 4.79 Å². The van der Waals surface area contributed by atoms with E-state index in [4.69, 9.17) is 4.42 Å². The number of nitrogens with one attached hydrogen (secondary N) is 1. The SMILES string of the molecule is Cc1[nH]c2ccc(-c3nnc(SCC(=O)N4CCCC4)o3)cc2c1C. The largest absolute Gasteiger partial charge is 0.411 e. The number of likely N-dealkylation sites (tertiary alicyclic amines) is 1. The Labute approximate surface area is 150 Å². The highest BCUT2D eigenvalue weighted by Crippen LogP contribution is 2.29. The second-order valence-electron chi connectivity index (χ2n) is 6.39. The molecule has 4 rings (SSSR count). The highest BCUT2D eigenvalue weighted by atomic mass is 32.2. The Morgan fingerprint density at radius 3 is 2.88 bits per heavy atom. The van der Waals surface area contributed by atoms with Crippen LogP contribution in [0.2, 0.25) is 0 Å². The summed E-state index contributed by atoms with van der Waals surface area (Å²) >= 11 is 1.30. The molecule has 1 aliphatic heterocycles. The van der Waals surface area contributed by atoms with E-state index < -0.39 is 0 Å². The van der Waals surface area contributed by atoms with Crippen molar-refractivity contribution >= 4 is 28.6 Å². The molecule has 1 saturated heterocycles. The van der Waals surface area contributed by atoms with E-state index in [0.29, 0.717) is 16.9 Å². The van der Waals surface area contributed by atoms with Crippen LogP contribution < -0.4 is 0 Å². The van der Waals surface area contributed by atoms with Crippen LogP contribution in [0, 0.1) is 13.8 Å². The van der Waals surface area contributed by atoms with Crippen LogP contribution >= 0.6 is 11.8 Å². The lowest BCUT2D eigenvalue weighted by molar-refractivity contribution is -0.127. The number of carbonyl (C=O) groups is 1. The number of aromatic nitrogens is 3. The Morgan fingerprint density at radius 1 is 1.28 bits per heavy atom. The van der Waals surface area contributed by atoms with E-state index in [1.54, 1.807) is 0 Å². The highest BCUT2D eigenvalue weighted by molar-refractivity contribution is 7.99. The van der Waals surface area contributed by atoms with Crippen LogP contribution in [0.25, 0.3) is 22.4 Å². The molecule has 1 aromatic carbocycles. The van der Waals surface area contributed by atoms with Gasteiger partial charge in [0, 0.05) is 35.2 Å². The van der Waals surface area contributed by atoms with Gasteiger partial charge in [-0.05, 0) is 50.5 Å². The fraction of sp³-hybridized carbons (Fsp3) is 0.389. The fourth-order valence-electron chi connectivity index (χ4n) is 3.16. The van der Waals surface area contributed by atoms with Crippen LogP contribution in [0.1, 0.15) is 24.1 Å². The molecule has 1 amide bonds. The molecule has 0 aliphatic carbocycles. The quantitative estimate of drug-likeness (QED) is 0.724. The Bertz CT molecular complexity index is 924. The Balaban J connectivity index is 1.49. The van der Waals surface area contributed by atoms with E-state index in [1.807, 2.05) is 17.0 Å². The van der Waals surface area contributed by atoms with Crippen LogP contribution in [0.15, 0.2) is 27.8 Å². The fourth-order valence-corrected chi connectivity index (χ4v) is 3.83. The Kier molecular flexibility index (Phi) is 4.25. The zero-order valence-electron chi connectivity index (χ0n) is 14.3. The lowest BCUT2D eigenvalue weighted by Gasteiger charge is -2.13. The zero-order chi connectivity index (χ0) is 17.4. The van der Waals surface area contributed by atoms with Gasteiger partial charge >= 0.3 is 0 Å². The van der Waals surface area contributed by atoms with Gasteiger partial charge in [-0.1, -0.05) is 11.8 Å². The van der Waals surface area contributed by atoms with Crippen molar-refractivity contribution in [1.82, 2.24) is 20.1 Å². The minimum atomic E-state index is 0.141. The first-order valence-electron chi connectivity index (χ1n) is 8.45. The molecule has 3 aromatic rings. The molecule has 25 heavy (non-hydrogen) atoms. The first-order chi connectivity index (χ1) is 12.1. The van der Waals surface area contributed by atoms with Gasteiger partial charge in [-0.3, -0.25) is 4.79 Å². The molecular weight excluding hydrogens is 336 g/mol. The molecule has 1 fully saturated rings. The molecule has 0 saturated carbocycles. The molecule has 0 radical (unpaired) electrons. The average molecular weight is 356 g/mol.